The van der Waals surface area contributed by atoms with E-state index in [-0.39, 0.29) is 0 Å². The smallest absolute Gasteiger partial charge is 0.328 e. The van der Waals surface area contributed by atoms with Crippen LogP contribution in [0.4, 0.5) is 5.69 Å². The maximum Gasteiger partial charge on any atom is 0.328 e. The molecule has 0 aliphatic heterocycles. The third kappa shape index (κ3) is 2.26. The highest BCUT2D eigenvalue weighted by Crippen LogP contribution is 2.22. The number of carboxylic acids is 1. The third-order valence-electron chi connectivity index (χ3n) is 2.63. The molecule has 0 fully saturated rings. The van der Waals surface area contributed by atoms with Crippen LogP contribution in [0.15, 0.2) is 18.3 Å². The first kappa shape index (κ1) is 11.5. The Bertz CT molecular complexity index is 375. The zero-order chi connectivity index (χ0) is 11.6. The predicted octanol–water partition coefficient (Wildman–Crippen LogP) is 1.69. The summed E-state index contributed by atoms with van der Waals surface area (Å²) >= 11 is 0. The molecular weight excluding hydrogens is 192 g/mol. The van der Waals surface area contributed by atoms with Crippen molar-refractivity contribution < 1.29 is 9.90 Å². The molecule has 0 spiro atoms. The van der Waals surface area contributed by atoms with Crippen LogP contribution in [0.1, 0.15) is 19.5 Å². The molecule has 0 aliphatic carbocycles. The number of carbonyl (C=O) groups is 1. The van der Waals surface area contributed by atoms with Crippen LogP contribution in [0.5, 0.6) is 0 Å². The molecule has 1 heterocycles. The molecule has 1 rings (SSSR count). The van der Waals surface area contributed by atoms with Gasteiger partial charge in [0.25, 0.3) is 0 Å². The minimum Gasteiger partial charge on any atom is -0.480 e. The van der Waals surface area contributed by atoms with E-state index in [0.717, 1.165) is 11.4 Å². The van der Waals surface area contributed by atoms with Crippen LogP contribution in [0.25, 0.3) is 0 Å². The summed E-state index contributed by atoms with van der Waals surface area (Å²) in [7, 11) is 1.77. The second-order valence-electron chi connectivity index (χ2n) is 4.08. The number of nitrogens with zero attached hydrogens (tertiary/aromatic N) is 2. The van der Waals surface area contributed by atoms with Gasteiger partial charge in [-0.3, -0.25) is 4.98 Å². The molecule has 0 radical (unpaired) electrons. The summed E-state index contributed by atoms with van der Waals surface area (Å²) in [6.07, 6.45) is 1.68. The number of pyridine rings is 1. The molecule has 0 aliphatic rings. The minimum absolute atomic E-state index is 0.848. The normalized spacial score (nSPS) is 11.2. The van der Waals surface area contributed by atoms with Crippen molar-refractivity contribution in [1.29, 1.82) is 0 Å². The monoisotopic (exact) mass is 208 g/mol. The van der Waals surface area contributed by atoms with Gasteiger partial charge in [0.2, 0.25) is 0 Å². The van der Waals surface area contributed by atoms with Gasteiger partial charge < -0.3 is 10.0 Å². The van der Waals surface area contributed by atoms with Crippen molar-refractivity contribution in [3.8, 4) is 0 Å². The predicted molar refractivity (Wildman–Crippen MR) is 59.1 cm³/mol. The molecule has 4 heteroatoms. The number of aryl methyl sites for hydroxylation is 1. The SMILES string of the molecule is Cc1cc(N(C)C(C)(C)C(=O)O)ccn1. The van der Waals surface area contributed by atoms with E-state index in [0.29, 0.717) is 0 Å². The van der Waals surface area contributed by atoms with E-state index in [2.05, 4.69) is 4.98 Å². The lowest BCUT2D eigenvalue weighted by atomic mass is 10.0. The number of hydrogen-bond acceptors (Lipinski definition) is 3. The van der Waals surface area contributed by atoms with Crippen molar-refractivity contribution in [2.45, 2.75) is 26.3 Å². The molecule has 82 valence electrons. The Labute approximate surface area is 89.6 Å². The maximum atomic E-state index is 11.1. The quantitative estimate of drug-likeness (QED) is 0.821. The van der Waals surface area contributed by atoms with E-state index in [1.807, 2.05) is 13.0 Å². The van der Waals surface area contributed by atoms with E-state index in [1.54, 1.807) is 38.1 Å². The van der Waals surface area contributed by atoms with Crippen molar-refractivity contribution in [3.05, 3.63) is 24.0 Å². The van der Waals surface area contributed by atoms with E-state index in [4.69, 9.17) is 5.11 Å². The van der Waals surface area contributed by atoms with E-state index in [1.165, 1.54) is 0 Å². The molecule has 0 atom stereocenters. The van der Waals surface area contributed by atoms with E-state index >= 15 is 0 Å². The van der Waals surface area contributed by atoms with Gasteiger partial charge in [0.15, 0.2) is 0 Å². The Kier molecular flexibility index (Phi) is 2.98. The topological polar surface area (TPSA) is 53.4 Å². The first-order chi connectivity index (χ1) is 6.85. The van der Waals surface area contributed by atoms with Crippen LogP contribution < -0.4 is 4.90 Å². The molecule has 1 aromatic heterocycles. The zero-order valence-electron chi connectivity index (χ0n) is 9.48. The van der Waals surface area contributed by atoms with Crippen LogP contribution in [0.2, 0.25) is 0 Å². The lowest BCUT2D eigenvalue weighted by molar-refractivity contribution is -0.142. The first-order valence-electron chi connectivity index (χ1n) is 4.75. The average Bonchev–Trinajstić information content (AvgIpc) is 2.16. The van der Waals surface area contributed by atoms with Gasteiger partial charge in [0.05, 0.1) is 0 Å². The Hall–Kier alpha value is -1.58. The second kappa shape index (κ2) is 3.88. The van der Waals surface area contributed by atoms with Gasteiger partial charge in [-0.25, -0.2) is 4.79 Å². The maximum absolute atomic E-state index is 11.1. The molecular formula is C11H16N2O2. The Morgan fingerprint density at radius 3 is 2.60 bits per heavy atom. The Morgan fingerprint density at radius 2 is 2.13 bits per heavy atom. The summed E-state index contributed by atoms with van der Waals surface area (Å²) in [6.45, 7) is 5.22. The molecule has 4 nitrogen and oxygen atoms in total. The molecule has 15 heavy (non-hydrogen) atoms. The van der Waals surface area contributed by atoms with Crippen molar-refractivity contribution in [2.24, 2.45) is 0 Å². The van der Waals surface area contributed by atoms with Gasteiger partial charge in [0, 0.05) is 24.6 Å². The molecule has 0 amide bonds. The lowest BCUT2D eigenvalue weighted by Gasteiger charge is -2.33. The van der Waals surface area contributed by atoms with Crippen molar-refractivity contribution in [2.75, 3.05) is 11.9 Å². The summed E-state index contributed by atoms with van der Waals surface area (Å²) in [4.78, 5) is 16.9. The summed E-state index contributed by atoms with van der Waals surface area (Å²) < 4.78 is 0. The van der Waals surface area contributed by atoms with E-state index < -0.39 is 11.5 Å². The van der Waals surface area contributed by atoms with Gasteiger partial charge in [-0.1, -0.05) is 0 Å². The number of rotatable bonds is 3. The van der Waals surface area contributed by atoms with Gasteiger partial charge in [0.1, 0.15) is 5.54 Å². The largest absolute Gasteiger partial charge is 0.480 e. The fraction of sp³-hybridized carbons (Fsp3) is 0.455. The molecule has 1 N–H and O–H groups in total. The van der Waals surface area contributed by atoms with Gasteiger partial charge >= 0.3 is 5.97 Å². The molecule has 0 aromatic carbocycles. The van der Waals surface area contributed by atoms with Crippen LogP contribution >= 0.6 is 0 Å². The number of anilines is 1. The lowest BCUT2D eigenvalue weighted by Crippen LogP contribution is -2.48. The van der Waals surface area contributed by atoms with Gasteiger partial charge in [-0.2, -0.15) is 0 Å². The van der Waals surface area contributed by atoms with Gasteiger partial charge in [-0.05, 0) is 32.9 Å². The molecule has 1 aromatic rings. The van der Waals surface area contributed by atoms with Crippen LogP contribution in [-0.2, 0) is 4.79 Å². The van der Waals surface area contributed by atoms with Crippen LogP contribution in [0, 0.1) is 6.92 Å². The minimum atomic E-state index is -0.923. The summed E-state index contributed by atoms with van der Waals surface area (Å²) in [6, 6.07) is 3.67. The number of carboxylic acid groups (broad SMARTS) is 1. The standard InChI is InChI=1S/C11H16N2O2/c1-8-7-9(5-6-12-8)13(4)11(2,3)10(14)15/h5-7H,1-4H3,(H,14,15). The molecule has 0 bridgehead atoms. The van der Waals surface area contributed by atoms with Crippen LogP contribution in [0.3, 0.4) is 0 Å². The molecule has 0 saturated heterocycles. The second-order valence-corrected chi connectivity index (χ2v) is 4.08. The third-order valence-corrected chi connectivity index (χ3v) is 2.63. The van der Waals surface area contributed by atoms with Crippen molar-refractivity contribution >= 4 is 11.7 Å². The number of hydrogen-bond donors (Lipinski definition) is 1. The highest BCUT2D eigenvalue weighted by molar-refractivity contribution is 5.82. The zero-order valence-corrected chi connectivity index (χ0v) is 9.48. The number of aliphatic carboxylic acids is 1. The van der Waals surface area contributed by atoms with Crippen LogP contribution in [-0.4, -0.2) is 28.6 Å². The Morgan fingerprint density at radius 1 is 1.53 bits per heavy atom. The first-order valence-corrected chi connectivity index (χ1v) is 4.75. The van der Waals surface area contributed by atoms with Gasteiger partial charge in [-0.15, -0.1) is 0 Å². The fourth-order valence-electron chi connectivity index (χ4n) is 1.21. The van der Waals surface area contributed by atoms with E-state index in [9.17, 15) is 4.79 Å². The highest BCUT2D eigenvalue weighted by atomic mass is 16.4. The summed E-state index contributed by atoms with van der Waals surface area (Å²) in [5, 5.41) is 9.08. The van der Waals surface area contributed by atoms with Crippen molar-refractivity contribution in [3.63, 3.8) is 0 Å². The summed E-state index contributed by atoms with van der Waals surface area (Å²) in [5.41, 5.74) is 0.809. The number of likely N-dealkylation sites (N-methyl/N-ethyl adjacent to an activating group) is 1. The average molecular weight is 208 g/mol. The van der Waals surface area contributed by atoms with Crippen molar-refractivity contribution in [1.82, 2.24) is 4.98 Å². The highest BCUT2D eigenvalue weighted by Gasteiger charge is 2.32. The molecule has 0 unspecified atom stereocenters. The summed E-state index contributed by atoms with van der Waals surface area (Å²) in [5.74, 6) is -0.848. The Balaban J connectivity index is 3.04. The fourth-order valence-corrected chi connectivity index (χ4v) is 1.21. The molecule has 0 saturated carbocycles. The number of aromatic nitrogens is 1.